The summed E-state index contributed by atoms with van der Waals surface area (Å²) in [5, 5.41) is 0.145. The summed E-state index contributed by atoms with van der Waals surface area (Å²) in [6, 6.07) is 9.32. The predicted molar refractivity (Wildman–Crippen MR) is 178 cm³/mol. The van der Waals surface area contributed by atoms with E-state index < -0.39 is 8.32 Å². The fourth-order valence-electron chi connectivity index (χ4n) is 8.02. The summed E-state index contributed by atoms with van der Waals surface area (Å²) in [7, 11) is -2.04. The van der Waals surface area contributed by atoms with E-state index in [0.717, 1.165) is 51.7 Å². The molecule has 2 atom stereocenters. The number of pyridine rings is 1. The molecule has 0 radical (unpaired) electrons. The van der Waals surface area contributed by atoms with Gasteiger partial charge < -0.3 is 13.9 Å². The quantitative estimate of drug-likeness (QED) is 0.326. The fraction of sp³-hybridized carbons (Fsp3) is 0.711. The Balaban J connectivity index is 1.59. The van der Waals surface area contributed by atoms with Crippen molar-refractivity contribution in [2.24, 2.45) is 5.41 Å². The largest absolute Gasteiger partial charge is 0.410 e. The molecule has 43 heavy (non-hydrogen) atoms. The molecule has 2 aliphatic heterocycles. The lowest BCUT2D eigenvalue weighted by molar-refractivity contribution is -0.0580. The highest BCUT2D eigenvalue weighted by Crippen LogP contribution is 2.61. The second-order valence-corrected chi connectivity index (χ2v) is 22.3. The van der Waals surface area contributed by atoms with Crippen molar-refractivity contribution >= 4 is 8.32 Å². The Bertz CT molecular complexity index is 1340. The van der Waals surface area contributed by atoms with E-state index in [1.54, 1.807) is 0 Å². The summed E-state index contributed by atoms with van der Waals surface area (Å²) < 4.78 is 20.8. The van der Waals surface area contributed by atoms with Gasteiger partial charge in [-0.1, -0.05) is 92.5 Å². The normalized spacial score (nSPS) is 25.6. The molecule has 6 rings (SSSR count). The van der Waals surface area contributed by atoms with E-state index in [1.165, 1.54) is 52.0 Å². The standard InChI is InChI=1S/C38H57NO3Si/c1-35(2,3)27-15-13-26(14-16-27)34-31-32(38(41-34)19-11-12-20-38)30-28(39-33(31)25-17-21-40-22-18-25)23-37(7,8)24-29(30)42-43(9,10)36(4,5)6/h13-16,25,29,34H,11-12,17-24H2,1-10H3/t29?,34-/m1/s1. The van der Waals surface area contributed by atoms with Gasteiger partial charge >= 0.3 is 0 Å². The third-order valence-electron chi connectivity index (χ3n) is 11.5. The molecule has 1 aromatic heterocycles. The first-order valence-corrected chi connectivity index (χ1v) is 20.0. The van der Waals surface area contributed by atoms with Gasteiger partial charge in [0.05, 0.1) is 17.4 Å². The molecule has 2 fully saturated rings. The van der Waals surface area contributed by atoms with Gasteiger partial charge in [-0.05, 0) is 84.2 Å². The molecule has 2 aromatic rings. The second-order valence-electron chi connectivity index (χ2n) is 17.5. The van der Waals surface area contributed by atoms with Gasteiger partial charge in [0.1, 0.15) is 6.10 Å². The van der Waals surface area contributed by atoms with Crippen molar-refractivity contribution in [3.8, 4) is 0 Å². The van der Waals surface area contributed by atoms with Crippen molar-refractivity contribution in [2.45, 2.75) is 154 Å². The first kappa shape index (κ1) is 31.4. The van der Waals surface area contributed by atoms with E-state index in [2.05, 4.69) is 92.7 Å². The molecule has 0 amide bonds. The Morgan fingerprint density at radius 3 is 2.12 bits per heavy atom. The molecule has 1 unspecified atom stereocenters. The first-order chi connectivity index (χ1) is 20.0. The van der Waals surface area contributed by atoms with Crippen LogP contribution in [0.4, 0.5) is 0 Å². The van der Waals surface area contributed by atoms with E-state index in [1.807, 2.05) is 0 Å². The Morgan fingerprint density at radius 2 is 1.53 bits per heavy atom. The van der Waals surface area contributed by atoms with Crippen LogP contribution in [0.3, 0.4) is 0 Å². The van der Waals surface area contributed by atoms with Gasteiger partial charge in [0.25, 0.3) is 0 Å². The van der Waals surface area contributed by atoms with Crippen LogP contribution >= 0.6 is 0 Å². The van der Waals surface area contributed by atoms with Crippen molar-refractivity contribution < 1.29 is 13.9 Å². The lowest BCUT2D eigenvalue weighted by atomic mass is 9.70. The molecule has 1 spiro atoms. The average Bonchev–Trinajstić information content (AvgIpc) is 3.52. The van der Waals surface area contributed by atoms with Crippen LogP contribution in [0.15, 0.2) is 24.3 Å². The zero-order valence-corrected chi connectivity index (χ0v) is 29.8. The van der Waals surface area contributed by atoms with Crippen molar-refractivity contribution in [1.82, 2.24) is 4.98 Å². The monoisotopic (exact) mass is 603 g/mol. The molecule has 1 saturated carbocycles. The lowest BCUT2D eigenvalue weighted by Crippen LogP contribution is -2.44. The van der Waals surface area contributed by atoms with Gasteiger partial charge in [-0.15, -0.1) is 0 Å². The molecular formula is C38H57NO3Si. The number of rotatable bonds is 4. The summed E-state index contributed by atoms with van der Waals surface area (Å²) in [5.41, 5.74) is 9.52. The van der Waals surface area contributed by atoms with Crippen LogP contribution in [-0.4, -0.2) is 26.5 Å². The molecule has 0 N–H and O–H groups in total. The van der Waals surface area contributed by atoms with E-state index in [4.69, 9.17) is 18.9 Å². The number of aromatic nitrogens is 1. The second kappa shape index (κ2) is 10.8. The van der Waals surface area contributed by atoms with Crippen molar-refractivity contribution in [3.63, 3.8) is 0 Å². The molecule has 1 aromatic carbocycles. The minimum absolute atomic E-state index is 0.0627. The Kier molecular flexibility index (Phi) is 7.88. The number of hydrogen-bond acceptors (Lipinski definition) is 4. The summed E-state index contributed by atoms with van der Waals surface area (Å²) in [4.78, 5) is 5.73. The maximum atomic E-state index is 7.47. The van der Waals surface area contributed by atoms with Crippen LogP contribution in [0.2, 0.25) is 18.1 Å². The maximum Gasteiger partial charge on any atom is 0.192 e. The molecule has 1 saturated heterocycles. The predicted octanol–water partition coefficient (Wildman–Crippen LogP) is 10.2. The molecule has 2 aliphatic carbocycles. The Morgan fingerprint density at radius 1 is 0.907 bits per heavy atom. The number of ether oxygens (including phenoxy) is 2. The summed E-state index contributed by atoms with van der Waals surface area (Å²) >= 11 is 0. The van der Waals surface area contributed by atoms with Crippen LogP contribution in [0.1, 0.15) is 158 Å². The molecule has 4 aliphatic rings. The van der Waals surface area contributed by atoms with Crippen LogP contribution in [0.25, 0.3) is 0 Å². The van der Waals surface area contributed by atoms with Crippen molar-refractivity contribution in [2.75, 3.05) is 13.2 Å². The SMILES string of the molecule is CC1(C)Cc2nc(C3CCOCC3)c3c(c2C(O[Si](C)(C)C(C)(C)C)C1)C1(CCCC1)O[C@@H]3c1ccc(C(C)(C)C)cc1. The van der Waals surface area contributed by atoms with Crippen LogP contribution in [-0.2, 0) is 31.3 Å². The fourth-order valence-corrected chi connectivity index (χ4v) is 9.28. The third-order valence-corrected chi connectivity index (χ3v) is 16.0. The van der Waals surface area contributed by atoms with E-state index in [-0.39, 0.29) is 33.7 Å². The molecule has 0 bridgehead atoms. The lowest BCUT2D eigenvalue weighted by Gasteiger charge is -2.45. The van der Waals surface area contributed by atoms with Gasteiger partial charge in [0.2, 0.25) is 0 Å². The highest BCUT2D eigenvalue weighted by molar-refractivity contribution is 6.74. The number of nitrogens with zero attached hydrogens (tertiary/aromatic N) is 1. The Labute approximate surface area is 262 Å². The topological polar surface area (TPSA) is 40.6 Å². The molecule has 236 valence electrons. The van der Waals surface area contributed by atoms with Crippen LogP contribution in [0.5, 0.6) is 0 Å². The van der Waals surface area contributed by atoms with E-state index in [0.29, 0.717) is 5.92 Å². The summed E-state index contributed by atoms with van der Waals surface area (Å²) in [6.07, 6.45) is 8.72. The van der Waals surface area contributed by atoms with E-state index in [9.17, 15) is 0 Å². The third kappa shape index (κ3) is 5.70. The smallest absolute Gasteiger partial charge is 0.192 e. The molecule has 3 heterocycles. The highest BCUT2D eigenvalue weighted by Gasteiger charge is 2.54. The maximum absolute atomic E-state index is 7.47. The average molecular weight is 604 g/mol. The van der Waals surface area contributed by atoms with Crippen LogP contribution in [0, 0.1) is 5.41 Å². The van der Waals surface area contributed by atoms with Gasteiger partial charge in [0.15, 0.2) is 8.32 Å². The van der Waals surface area contributed by atoms with Crippen molar-refractivity contribution in [3.05, 3.63) is 63.5 Å². The van der Waals surface area contributed by atoms with Gasteiger partial charge in [-0.2, -0.15) is 0 Å². The number of hydrogen-bond donors (Lipinski definition) is 0. The number of benzene rings is 1. The first-order valence-electron chi connectivity index (χ1n) is 17.1. The molecular weight excluding hydrogens is 547 g/mol. The minimum Gasteiger partial charge on any atom is -0.410 e. The summed E-state index contributed by atoms with van der Waals surface area (Å²) in [6.45, 7) is 25.3. The zero-order valence-electron chi connectivity index (χ0n) is 28.8. The number of fused-ring (bicyclic) bond motifs is 4. The molecule has 5 heteroatoms. The van der Waals surface area contributed by atoms with Gasteiger partial charge in [-0.3, -0.25) is 4.98 Å². The minimum atomic E-state index is -2.04. The van der Waals surface area contributed by atoms with Crippen LogP contribution < -0.4 is 0 Å². The summed E-state index contributed by atoms with van der Waals surface area (Å²) in [5.74, 6) is 0.411. The van der Waals surface area contributed by atoms with Gasteiger partial charge in [-0.25, -0.2) is 0 Å². The molecule has 4 nitrogen and oxygen atoms in total. The van der Waals surface area contributed by atoms with Crippen molar-refractivity contribution in [1.29, 1.82) is 0 Å². The Hall–Kier alpha value is -1.53. The zero-order chi connectivity index (χ0) is 31.0. The highest BCUT2D eigenvalue weighted by atomic mass is 28.4. The van der Waals surface area contributed by atoms with E-state index >= 15 is 0 Å². The van der Waals surface area contributed by atoms with Gasteiger partial charge in [0, 0.05) is 36.0 Å².